The van der Waals surface area contributed by atoms with E-state index < -0.39 is 10.0 Å². The van der Waals surface area contributed by atoms with E-state index in [-0.39, 0.29) is 5.91 Å². The first-order valence-corrected chi connectivity index (χ1v) is 9.25. The standard InChI is InChI=1S/C16H22N2O3S/c1-12-5-8-17(9-6-12)22(20,21)15-4-3-14-7-10-18(13(2)19)16(14)11-15/h3-4,11-12H,5-10H2,1-2H3. The maximum Gasteiger partial charge on any atom is 0.243 e. The number of amides is 1. The van der Waals surface area contributed by atoms with Gasteiger partial charge in [-0.3, -0.25) is 4.79 Å². The maximum atomic E-state index is 12.8. The summed E-state index contributed by atoms with van der Waals surface area (Å²) in [6.45, 7) is 5.47. The van der Waals surface area contributed by atoms with Gasteiger partial charge in [0.2, 0.25) is 15.9 Å². The van der Waals surface area contributed by atoms with E-state index in [0.717, 1.165) is 30.5 Å². The lowest BCUT2D eigenvalue weighted by Gasteiger charge is -2.29. The van der Waals surface area contributed by atoms with E-state index >= 15 is 0 Å². The number of carbonyl (C=O) groups excluding carboxylic acids is 1. The molecule has 0 spiro atoms. The van der Waals surface area contributed by atoms with Crippen LogP contribution in [-0.2, 0) is 21.2 Å². The molecule has 1 aromatic rings. The molecule has 1 fully saturated rings. The van der Waals surface area contributed by atoms with Crippen LogP contribution >= 0.6 is 0 Å². The van der Waals surface area contributed by atoms with Crippen molar-refractivity contribution in [2.45, 2.75) is 38.0 Å². The van der Waals surface area contributed by atoms with Crippen LogP contribution in [0.4, 0.5) is 5.69 Å². The van der Waals surface area contributed by atoms with Gasteiger partial charge in [-0.2, -0.15) is 4.31 Å². The topological polar surface area (TPSA) is 57.7 Å². The molecule has 0 unspecified atom stereocenters. The Balaban J connectivity index is 1.92. The largest absolute Gasteiger partial charge is 0.312 e. The van der Waals surface area contributed by atoms with Gasteiger partial charge in [-0.25, -0.2) is 8.42 Å². The molecule has 3 rings (SSSR count). The Bertz CT molecular complexity index is 691. The fourth-order valence-electron chi connectivity index (χ4n) is 3.22. The van der Waals surface area contributed by atoms with E-state index in [0.29, 0.717) is 30.4 Å². The second kappa shape index (κ2) is 5.66. The Hall–Kier alpha value is -1.40. The first kappa shape index (κ1) is 15.5. The minimum atomic E-state index is -3.46. The molecule has 0 bridgehead atoms. The molecule has 0 aliphatic carbocycles. The van der Waals surface area contributed by atoms with Crippen LogP contribution in [0.5, 0.6) is 0 Å². The van der Waals surface area contributed by atoms with Gasteiger partial charge in [0.1, 0.15) is 0 Å². The molecule has 1 saturated heterocycles. The van der Waals surface area contributed by atoms with E-state index in [4.69, 9.17) is 0 Å². The van der Waals surface area contributed by atoms with Crippen LogP contribution in [0.3, 0.4) is 0 Å². The summed E-state index contributed by atoms with van der Waals surface area (Å²) in [5.74, 6) is 0.541. The highest BCUT2D eigenvalue weighted by Crippen LogP contribution is 2.32. The molecule has 0 N–H and O–H groups in total. The van der Waals surface area contributed by atoms with Crippen LogP contribution in [0, 0.1) is 5.92 Å². The van der Waals surface area contributed by atoms with Gasteiger partial charge < -0.3 is 4.90 Å². The van der Waals surface area contributed by atoms with Crippen molar-refractivity contribution in [2.24, 2.45) is 5.92 Å². The molecular weight excluding hydrogens is 300 g/mol. The molecule has 0 aromatic heterocycles. The second-order valence-electron chi connectivity index (χ2n) is 6.30. The number of sulfonamides is 1. The molecule has 2 aliphatic rings. The number of anilines is 1. The van der Waals surface area contributed by atoms with Crippen LogP contribution in [0.15, 0.2) is 23.1 Å². The zero-order valence-electron chi connectivity index (χ0n) is 13.1. The normalized spacial score (nSPS) is 20.2. The van der Waals surface area contributed by atoms with E-state index in [2.05, 4.69) is 6.92 Å². The Kier molecular flexibility index (Phi) is 3.99. The summed E-state index contributed by atoms with van der Waals surface area (Å²) >= 11 is 0. The van der Waals surface area contributed by atoms with Crippen molar-refractivity contribution in [1.82, 2.24) is 4.31 Å². The number of rotatable bonds is 2. The minimum Gasteiger partial charge on any atom is -0.312 e. The number of carbonyl (C=O) groups is 1. The van der Waals surface area contributed by atoms with Gasteiger partial charge in [-0.15, -0.1) is 0 Å². The fraction of sp³-hybridized carbons (Fsp3) is 0.562. The van der Waals surface area contributed by atoms with Crippen molar-refractivity contribution in [2.75, 3.05) is 24.5 Å². The van der Waals surface area contributed by atoms with Crippen molar-refractivity contribution < 1.29 is 13.2 Å². The summed E-state index contributed by atoms with van der Waals surface area (Å²) in [6.07, 6.45) is 2.60. The molecule has 120 valence electrons. The van der Waals surface area contributed by atoms with Crippen LogP contribution < -0.4 is 4.90 Å². The van der Waals surface area contributed by atoms with Crippen LogP contribution in [0.1, 0.15) is 32.3 Å². The highest BCUT2D eigenvalue weighted by molar-refractivity contribution is 7.89. The van der Waals surface area contributed by atoms with E-state index in [1.54, 1.807) is 21.3 Å². The molecule has 22 heavy (non-hydrogen) atoms. The summed E-state index contributed by atoms with van der Waals surface area (Å²) in [5.41, 5.74) is 1.79. The van der Waals surface area contributed by atoms with Gasteiger partial charge in [0, 0.05) is 32.2 Å². The minimum absolute atomic E-state index is 0.0416. The fourth-order valence-corrected chi connectivity index (χ4v) is 4.71. The van der Waals surface area contributed by atoms with Crippen molar-refractivity contribution >= 4 is 21.6 Å². The molecule has 2 aliphatic heterocycles. The predicted molar refractivity (Wildman–Crippen MR) is 85.3 cm³/mol. The second-order valence-corrected chi connectivity index (χ2v) is 8.24. The van der Waals surface area contributed by atoms with Crippen molar-refractivity contribution in [3.8, 4) is 0 Å². The van der Waals surface area contributed by atoms with Crippen molar-refractivity contribution in [1.29, 1.82) is 0 Å². The van der Waals surface area contributed by atoms with E-state index in [9.17, 15) is 13.2 Å². The Morgan fingerprint density at radius 1 is 1.18 bits per heavy atom. The van der Waals surface area contributed by atoms with Gasteiger partial charge >= 0.3 is 0 Å². The highest BCUT2D eigenvalue weighted by Gasteiger charge is 2.30. The summed E-state index contributed by atoms with van der Waals surface area (Å²) in [7, 11) is -3.46. The molecule has 1 amide bonds. The van der Waals surface area contributed by atoms with E-state index in [1.165, 1.54) is 6.92 Å². The predicted octanol–water partition coefficient (Wildman–Crippen LogP) is 2.02. The molecule has 2 heterocycles. The zero-order chi connectivity index (χ0) is 15.9. The van der Waals surface area contributed by atoms with Gasteiger partial charge in [0.25, 0.3) is 0 Å². The lowest BCUT2D eigenvalue weighted by molar-refractivity contribution is -0.116. The molecule has 6 heteroatoms. The van der Waals surface area contributed by atoms with Gasteiger partial charge in [0.05, 0.1) is 4.90 Å². The third-order valence-electron chi connectivity index (χ3n) is 4.71. The third-order valence-corrected chi connectivity index (χ3v) is 6.61. The molecule has 1 aromatic carbocycles. The lowest BCUT2D eigenvalue weighted by atomic mass is 10.0. The van der Waals surface area contributed by atoms with Crippen molar-refractivity contribution in [3.05, 3.63) is 23.8 Å². The molecular formula is C16H22N2O3S. The van der Waals surface area contributed by atoms with Crippen molar-refractivity contribution in [3.63, 3.8) is 0 Å². The Morgan fingerprint density at radius 2 is 1.86 bits per heavy atom. The average molecular weight is 322 g/mol. The van der Waals surface area contributed by atoms with Gasteiger partial charge in [-0.1, -0.05) is 13.0 Å². The van der Waals surface area contributed by atoms with Gasteiger partial charge in [0.15, 0.2) is 0 Å². The summed E-state index contributed by atoms with van der Waals surface area (Å²) in [6, 6.07) is 5.19. The smallest absolute Gasteiger partial charge is 0.243 e. The third kappa shape index (κ3) is 2.65. The highest BCUT2D eigenvalue weighted by atomic mass is 32.2. The number of nitrogens with zero attached hydrogens (tertiary/aromatic N) is 2. The summed E-state index contributed by atoms with van der Waals surface area (Å²) in [4.78, 5) is 13.6. The maximum absolute atomic E-state index is 12.8. The first-order chi connectivity index (χ1) is 10.4. The molecule has 0 radical (unpaired) electrons. The number of piperidine rings is 1. The Morgan fingerprint density at radius 3 is 2.50 bits per heavy atom. The summed E-state index contributed by atoms with van der Waals surface area (Å²) < 4.78 is 27.2. The van der Waals surface area contributed by atoms with E-state index in [1.807, 2.05) is 6.07 Å². The zero-order valence-corrected chi connectivity index (χ0v) is 13.9. The number of hydrogen-bond acceptors (Lipinski definition) is 3. The number of benzene rings is 1. The number of hydrogen-bond donors (Lipinski definition) is 0. The molecule has 0 atom stereocenters. The quantitative estimate of drug-likeness (QED) is 0.837. The lowest BCUT2D eigenvalue weighted by Crippen LogP contribution is -2.38. The number of fused-ring (bicyclic) bond motifs is 1. The average Bonchev–Trinajstić information content (AvgIpc) is 2.90. The van der Waals surface area contributed by atoms with Crippen LogP contribution in [0.25, 0.3) is 0 Å². The van der Waals surface area contributed by atoms with Crippen LogP contribution in [0.2, 0.25) is 0 Å². The summed E-state index contributed by atoms with van der Waals surface area (Å²) in [5, 5.41) is 0. The first-order valence-electron chi connectivity index (χ1n) is 7.81. The van der Waals surface area contributed by atoms with Crippen LogP contribution in [-0.4, -0.2) is 38.3 Å². The Labute approximate surface area is 132 Å². The molecule has 5 nitrogen and oxygen atoms in total. The van der Waals surface area contributed by atoms with Gasteiger partial charge in [-0.05, 0) is 42.9 Å². The monoisotopic (exact) mass is 322 g/mol. The molecule has 0 saturated carbocycles. The SMILES string of the molecule is CC(=O)N1CCc2ccc(S(=O)(=O)N3CCC(C)CC3)cc21.